The Kier molecular flexibility index (Phi) is 6.92. The Balaban J connectivity index is 1.64. The maximum atomic E-state index is 15.1. The van der Waals surface area contributed by atoms with Gasteiger partial charge in [0.25, 0.3) is 0 Å². The van der Waals surface area contributed by atoms with Gasteiger partial charge in [0.05, 0.1) is 17.7 Å². The molecule has 0 aliphatic heterocycles. The summed E-state index contributed by atoms with van der Waals surface area (Å²) in [5.41, 5.74) is 5.14. The van der Waals surface area contributed by atoms with Crippen LogP contribution in [0.15, 0.2) is 48.9 Å². The van der Waals surface area contributed by atoms with Crippen molar-refractivity contribution >= 4 is 23.1 Å². The first-order valence-corrected chi connectivity index (χ1v) is 10.9. The summed E-state index contributed by atoms with van der Waals surface area (Å²) < 4.78 is 74.3. The highest BCUT2D eigenvalue weighted by molar-refractivity contribution is 6.04. The Hall–Kier alpha value is -4.35. The van der Waals surface area contributed by atoms with E-state index in [1.54, 1.807) is 6.92 Å². The molecule has 0 aliphatic rings. The molecule has 192 valence electrons. The summed E-state index contributed by atoms with van der Waals surface area (Å²) in [5, 5.41) is 4.02. The second-order valence-electron chi connectivity index (χ2n) is 8.08. The molecule has 0 bridgehead atoms. The number of esters is 1. The Morgan fingerprint density at radius 3 is 2.43 bits per heavy atom. The molecule has 7 nitrogen and oxygen atoms in total. The number of halogens is 5. The molecule has 0 saturated carbocycles. The Morgan fingerprint density at radius 1 is 1.03 bits per heavy atom. The van der Waals surface area contributed by atoms with Crippen molar-refractivity contribution in [3.8, 4) is 11.1 Å². The maximum absolute atomic E-state index is 15.1. The predicted molar refractivity (Wildman–Crippen MR) is 123 cm³/mol. The number of Topliss-reactive ketones (excluding diaryl/α,β-unsaturated/α-hetero) is 1. The number of rotatable bonds is 7. The number of alkyl halides is 3. The maximum Gasteiger partial charge on any atom is 0.416 e. The van der Waals surface area contributed by atoms with Gasteiger partial charge in [-0.3, -0.25) is 4.79 Å². The van der Waals surface area contributed by atoms with Crippen LogP contribution in [0.25, 0.3) is 16.6 Å². The van der Waals surface area contributed by atoms with E-state index in [2.05, 4.69) is 10.1 Å². The number of benzene rings is 2. The zero-order chi connectivity index (χ0) is 26.9. The fourth-order valence-corrected chi connectivity index (χ4v) is 3.91. The molecule has 2 aromatic carbocycles. The van der Waals surface area contributed by atoms with Gasteiger partial charge >= 0.3 is 12.1 Å². The molecule has 4 aromatic rings. The Morgan fingerprint density at radius 2 is 1.76 bits per heavy atom. The molecule has 0 spiro atoms. The number of fused-ring (bicyclic) bond motifs is 1. The van der Waals surface area contributed by atoms with E-state index in [4.69, 9.17) is 10.5 Å². The van der Waals surface area contributed by atoms with Crippen LogP contribution in [0.4, 0.5) is 27.8 Å². The molecule has 0 aliphatic carbocycles. The van der Waals surface area contributed by atoms with Crippen molar-refractivity contribution in [3.63, 3.8) is 0 Å². The van der Waals surface area contributed by atoms with Crippen molar-refractivity contribution in [3.05, 3.63) is 82.8 Å². The molecule has 2 aromatic heterocycles. The third-order valence-electron chi connectivity index (χ3n) is 5.59. The monoisotopic (exact) mass is 518 g/mol. The van der Waals surface area contributed by atoms with Crippen LogP contribution in [0.2, 0.25) is 0 Å². The quantitative estimate of drug-likeness (QED) is 0.279. The summed E-state index contributed by atoms with van der Waals surface area (Å²) in [7, 11) is 0. The molecule has 12 heteroatoms. The molecular weight excluding hydrogens is 499 g/mol. The topological polar surface area (TPSA) is 99.6 Å². The molecule has 2 N–H and O–H groups in total. The van der Waals surface area contributed by atoms with Gasteiger partial charge in [0.2, 0.25) is 0 Å². The first kappa shape index (κ1) is 25.7. The van der Waals surface area contributed by atoms with Gasteiger partial charge in [-0.2, -0.15) is 18.3 Å². The molecule has 0 amide bonds. The van der Waals surface area contributed by atoms with Crippen molar-refractivity contribution in [2.24, 2.45) is 0 Å². The van der Waals surface area contributed by atoms with Gasteiger partial charge in [0, 0.05) is 24.6 Å². The number of nitrogens with zero attached hydrogens (tertiary/aromatic N) is 3. The van der Waals surface area contributed by atoms with E-state index in [1.807, 2.05) is 0 Å². The summed E-state index contributed by atoms with van der Waals surface area (Å²) in [6.07, 6.45) is -3.28. The highest BCUT2D eigenvalue weighted by Gasteiger charge is 2.31. The van der Waals surface area contributed by atoms with E-state index in [1.165, 1.54) is 29.2 Å². The number of nitrogen functional groups attached to an aromatic ring is 1. The van der Waals surface area contributed by atoms with E-state index in [9.17, 15) is 27.2 Å². The number of anilines is 1. The minimum absolute atomic E-state index is 0.0309. The summed E-state index contributed by atoms with van der Waals surface area (Å²) in [6.45, 7) is 1.71. The third-order valence-corrected chi connectivity index (χ3v) is 5.59. The number of hydrogen-bond acceptors (Lipinski definition) is 6. The largest absolute Gasteiger partial charge is 0.462 e. The second kappa shape index (κ2) is 9.96. The van der Waals surface area contributed by atoms with Gasteiger partial charge in [0.15, 0.2) is 5.82 Å². The smallest absolute Gasteiger partial charge is 0.416 e. The van der Waals surface area contributed by atoms with Gasteiger partial charge in [0.1, 0.15) is 29.3 Å². The number of hydrogen-bond donors (Lipinski definition) is 1. The minimum Gasteiger partial charge on any atom is -0.462 e. The van der Waals surface area contributed by atoms with E-state index in [0.717, 1.165) is 6.07 Å². The van der Waals surface area contributed by atoms with Gasteiger partial charge in [-0.05, 0) is 47.9 Å². The molecule has 0 radical (unpaired) electrons. The van der Waals surface area contributed by atoms with E-state index in [-0.39, 0.29) is 40.2 Å². The number of ketones is 1. The zero-order valence-corrected chi connectivity index (χ0v) is 19.3. The molecule has 0 unspecified atom stereocenters. The van der Waals surface area contributed by atoms with Crippen molar-refractivity contribution in [2.45, 2.75) is 25.9 Å². The SMILES string of the molecule is CCOC(=O)c1cn2ncnc(N)c2c1-c1ccc(CC(=O)Cc2cc(C(F)(F)F)ccc2F)c(F)c1. The van der Waals surface area contributed by atoms with Crippen LogP contribution in [-0.2, 0) is 28.5 Å². The zero-order valence-electron chi connectivity index (χ0n) is 19.3. The number of ether oxygens (including phenoxy) is 1. The van der Waals surface area contributed by atoms with Crippen molar-refractivity contribution in [2.75, 3.05) is 12.3 Å². The summed E-state index contributed by atoms with van der Waals surface area (Å²) in [6, 6.07) is 5.60. The van der Waals surface area contributed by atoms with E-state index >= 15 is 4.39 Å². The first-order valence-electron chi connectivity index (χ1n) is 10.9. The fraction of sp³-hybridized carbons (Fsp3) is 0.200. The van der Waals surface area contributed by atoms with Crippen molar-refractivity contribution in [1.29, 1.82) is 0 Å². The van der Waals surface area contributed by atoms with Crippen molar-refractivity contribution < 1.29 is 36.3 Å². The van der Waals surface area contributed by atoms with Crippen LogP contribution in [0, 0.1) is 11.6 Å². The summed E-state index contributed by atoms with van der Waals surface area (Å²) in [5.74, 6) is -3.14. The van der Waals surface area contributed by atoms with Crippen LogP contribution in [0.5, 0.6) is 0 Å². The molecule has 37 heavy (non-hydrogen) atoms. The number of carbonyl (C=O) groups is 2. The highest BCUT2D eigenvalue weighted by Crippen LogP contribution is 2.34. The molecular formula is C25H19F5N4O3. The van der Waals surface area contributed by atoms with Crippen LogP contribution >= 0.6 is 0 Å². The summed E-state index contributed by atoms with van der Waals surface area (Å²) in [4.78, 5) is 28.9. The number of aromatic nitrogens is 3. The lowest BCUT2D eigenvalue weighted by atomic mass is 9.97. The van der Waals surface area contributed by atoms with Crippen LogP contribution < -0.4 is 5.73 Å². The molecule has 2 heterocycles. The minimum atomic E-state index is -4.70. The third kappa shape index (κ3) is 5.27. The lowest BCUT2D eigenvalue weighted by Gasteiger charge is -2.10. The van der Waals surface area contributed by atoms with Gasteiger partial charge in [-0.25, -0.2) is 23.1 Å². The van der Waals surface area contributed by atoms with E-state index < -0.39 is 53.5 Å². The van der Waals surface area contributed by atoms with Crippen molar-refractivity contribution in [1.82, 2.24) is 14.6 Å². The highest BCUT2D eigenvalue weighted by atomic mass is 19.4. The molecule has 4 rings (SSSR count). The number of carbonyl (C=O) groups excluding carboxylic acids is 2. The molecule has 0 fully saturated rings. The Bertz CT molecular complexity index is 1510. The van der Waals surface area contributed by atoms with Crippen LogP contribution in [-0.4, -0.2) is 33.0 Å². The van der Waals surface area contributed by atoms with Crippen LogP contribution in [0.1, 0.15) is 34.0 Å². The molecule has 0 atom stereocenters. The van der Waals surface area contributed by atoms with E-state index in [0.29, 0.717) is 18.2 Å². The second-order valence-corrected chi connectivity index (χ2v) is 8.08. The fourth-order valence-electron chi connectivity index (χ4n) is 3.91. The molecule has 0 saturated heterocycles. The predicted octanol–water partition coefficient (Wildman–Crippen LogP) is 4.81. The Labute approximate surface area is 206 Å². The first-order chi connectivity index (χ1) is 17.5. The van der Waals surface area contributed by atoms with Crippen LogP contribution in [0.3, 0.4) is 0 Å². The lowest BCUT2D eigenvalue weighted by molar-refractivity contribution is -0.137. The average molecular weight is 518 g/mol. The van der Waals surface area contributed by atoms with Gasteiger partial charge < -0.3 is 10.5 Å². The normalized spacial score (nSPS) is 11.6. The van der Waals surface area contributed by atoms with Gasteiger partial charge in [-0.15, -0.1) is 0 Å². The van der Waals surface area contributed by atoms with Gasteiger partial charge in [-0.1, -0.05) is 12.1 Å². The number of nitrogens with two attached hydrogens (primary N) is 1. The summed E-state index contributed by atoms with van der Waals surface area (Å²) >= 11 is 0. The lowest BCUT2D eigenvalue weighted by Crippen LogP contribution is -2.12. The standard InChI is InChI=1S/C25H19F5N4O3/c1-2-37-24(36)18-11-34-22(23(31)32-12-33-34)21(18)14-4-3-13(20(27)10-14)8-17(35)9-15-7-16(25(28,29)30)5-6-19(15)26/h3-7,10-12H,2,8-9H2,1H3,(H2,31,32,33). The average Bonchev–Trinajstić information content (AvgIpc) is 3.22.